The van der Waals surface area contributed by atoms with Gasteiger partial charge in [-0.3, -0.25) is 0 Å². The van der Waals surface area contributed by atoms with Crippen LogP contribution in [0.15, 0.2) is 6.33 Å². The largest absolute Gasteiger partial charge is 0.376 e. The summed E-state index contributed by atoms with van der Waals surface area (Å²) in [6, 6.07) is 0. The SMILES string of the molecule is c1nc2c(c(NCCOC3CCCCC3)n1)CCC2. The Labute approximate surface area is 115 Å². The number of rotatable bonds is 5. The van der Waals surface area contributed by atoms with E-state index in [1.165, 1.54) is 49.8 Å². The lowest BCUT2D eigenvalue weighted by Crippen LogP contribution is -2.21. The second-order valence-electron chi connectivity index (χ2n) is 5.56. The van der Waals surface area contributed by atoms with Gasteiger partial charge in [-0.05, 0) is 32.1 Å². The summed E-state index contributed by atoms with van der Waals surface area (Å²) in [5.74, 6) is 1.02. The smallest absolute Gasteiger partial charge is 0.132 e. The second-order valence-corrected chi connectivity index (χ2v) is 5.56. The zero-order chi connectivity index (χ0) is 12.9. The first kappa shape index (κ1) is 12.9. The summed E-state index contributed by atoms with van der Waals surface area (Å²) in [7, 11) is 0. The third kappa shape index (κ3) is 3.24. The molecule has 104 valence electrons. The quantitative estimate of drug-likeness (QED) is 0.828. The Morgan fingerprint density at radius 3 is 2.89 bits per heavy atom. The first-order chi connectivity index (χ1) is 9.43. The molecule has 4 nitrogen and oxygen atoms in total. The number of nitrogens with zero attached hydrogens (tertiary/aromatic N) is 2. The van der Waals surface area contributed by atoms with Crippen molar-refractivity contribution in [3.8, 4) is 0 Å². The number of aryl methyl sites for hydroxylation is 1. The number of ether oxygens (including phenoxy) is 1. The highest BCUT2D eigenvalue weighted by atomic mass is 16.5. The number of fused-ring (bicyclic) bond motifs is 1. The lowest BCUT2D eigenvalue weighted by molar-refractivity contribution is 0.0347. The summed E-state index contributed by atoms with van der Waals surface area (Å²) in [5, 5.41) is 3.41. The standard InChI is InChI=1S/C15H23N3O/c1-2-5-12(6-3-1)19-10-9-16-15-13-7-4-8-14(13)17-11-18-15/h11-12H,1-10H2,(H,16,17,18). The Hall–Kier alpha value is -1.16. The van der Waals surface area contributed by atoms with Crippen LogP contribution in [-0.2, 0) is 17.6 Å². The van der Waals surface area contributed by atoms with Gasteiger partial charge in [0.2, 0.25) is 0 Å². The molecule has 2 aliphatic rings. The predicted molar refractivity (Wildman–Crippen MR) is 75.4 cm³/mol. The second kappa shape index (κ2) is 6.33. The van der Waals surface area contributed by atoms with Crippen LogP contribution in [0.5, 0.6) is 0 Å². The van der Waals surface area contributed by atoms with E-state index in [1.54, 1.807) is 6.33 Å². The van der Waals surface area contributed by atoms with Crippen molar-refractivity contribution < 1.29 is 4.74 Å². The van der Waals surface area contributed by atoms with Crippen LogP contribution in [-0.4, -0.2) is 29.2 Å². The number of nitrogens with one attached hydrogen (secondary N) is 1. The van der Waals surface area contributed by atoms with E-state index in [-0.39, 0.29) is 0 Å². The molecular weight excluding hydrogens is 238 g/mol. The number of anilines is 1. The molecule has 1 aromatic heterocycles. The van der Waals surface area contributed by atoms with Crippen LogP contribution >= 0.6 is 0 Å². The van der Waals surface area contributed by atoms with Crippen molar-refractivity contribution in [2.75, 3.05) is 18.5 Å². The van der Waals surface area contributed by atoms with Gasteiger partial charge < -0.3 is 10.1 Å². The minimum atomic E-state index is 0.492. The highest BCUT2D eigenvalue weighted by Crippen LogP contribution is 2.25. The fraction of sp³-hybridized carbons (Fsp3) is 0.733. The van der Waals surface area contributed by atoms with Crippen molar-refractivity contribution >= 4 is 5.82 Å². The fourth-order valence-electron chi connectivity index (χ4n) is 3.14. The predicted octanol–water partition coefficient (Wildman–Crippen LogP) is 2.73. The number of hydrogen-bond acceptors (Lipinski definition) is 4. The van der Waals surface area contributed by atoms with Gasteiger partial charge in [0.15, 0.2) is 0 Å². The van der Waals surface area contributed by atoms with Crippen LogP contribution in [0.4, 0.5) is 5.82 Å². The highest BCUT2D eigenvalue weighted by molar-refractivity contribution is 5.47. The van der Waals surface area contributed by atoms with E-state index in [2.05, 4.69) is 15.3 Å². The van der Waals surface area contributed by atoms with Crippen molar-refractivity contribution in [2.24, 2.45) is 0 Å². The highest BCUT2D eigenvalue weighted by Gasteiger charge is 2.17. The van der Waals surface area contributed by atoms with Crippen LogP contribution in [0.1, 0.15) is 49.8 Å². The molecule has 0 atom stereocenters. The van der Waals surface area contributed by atoms with Gasteiger partial charge in [0.05, 0.1) is 12.7 Å². The van der Waals surface area contributed by atoms with Gasteiger partial charge >= 0.3 is 0 Å². The van der Waals surface area contributed by atoms with Gasteiger partial charge in [0.1, 0.15) is 12.1 Å². The van der Waals surface area contributed by atoms with Crippen LogP contribution in [0, 0.1) is 0 Å². The van der Waals surface area contributed by atoms with Crippen molar-refractivity contribution in [1.29, 1.82) is 0 Å². The zero-order valence-electron chi connectivity index (χ0n) is 11.5. The Kier molecular flexibility index (Phi) is 4.28. The lowest BCUT2D eigenvalue weighted by Gasteiger charge is -2.22. The van der Waals surface area contributed by atoms with E-state index in [0.29, 0.717) is 6.10 Å². The molecule has 0 aliphatic heterocycles. The monoisotopic (exact) mass is 261 g/mol. The Balaban J connectivity index is 1.44. The van der Waals surface area contributed by atoms with Crippen molar-refractivity contribution in [2.45, 2.75) is 57.5 Å². The van der Waals surface area contributed by atoms with Gasteiger partial charge in [-0.2, -0.15) is 0 Å². The molecule has 19 heavy (non-hydrogen) atoms. The Bertz CT molecular complexity index is 416. The van der Waals surface area contributed by atoms with Gasteiger partial charge in [-0.1, -0.05) is 19.3 Å². The van der Waals surface area contributed by atoms with E-state index in [9.17, 15) is 0 Å². The molecule has 1 N–H and O–H groups in total. The molecule has 0 aromatic carbocycles. The maximum Gasteiger partial charge on any atom is 0.132 e. The van der Waals surface area contributed by atoms with E-state index in [0.717, 1.165) is 31.8 Å². The molecule has 0 unspecified atom stereocenters. The number of aromatic nitrogens is 2. The molecule has 1 heterocycles. The van der Waals surface area contributed by atoms with E-state index in [1.807, 2.05) is 0 Å². The minimum absolute atomic E-state index is 0.492. The van der Waals surface area contributed by atoms with Gasteiger partial charge in [-0.15, -0.1) is 0 Å². The first-order valence-corrected chi connectivity index (χ1v) is 7.62. The summed E-state index contributed by atoms with van der Waals surface area (Å²) >= 11 is 0. The molecule has 1 aromatic rings. The summed E-state index contributed by atoms with van der Waals surface area (Å²) in [5.41, 5.74) is 2.55. The van der Waals surface area contributed by atoms with Crippen LogP contribution < -0.4 is 5.32 Å². The summed E-state index contributed by atoms with van der Waals surface area (Å²) < 4.78 is 5.92. The molecule has 1 fully saturated rings. The summed E-state index contributed by atoms with van der Waals surface area (Å²) in [6.45, 7) is 1.63. The Morgan fingerprint density at radius 2 is 2.00 bits per heavy atom. The van der Waals surface area contributed by atoms with Gasteiger partial charge in [-0.25, -0.2) is 9.97 Å². The molecule has 2 aliphatic carbocycles. The van der Waals surface area contributed by atoms with E-state index in [4.69, 9.17) is 4.74 Å². The van der Waals surface area contributed by atoms with Gasteiger partial charge in [0, 0.05) is 17.8 Å². The van der Waals surface area contributed by atoms with Crippen LogP contribution in [0.2, 0.25) is 0 Å². The molecule has 0 radical (unpaired) electrons. The van der Waals surface area contributed by atoms with Crippen molar-refractivity contribution in [3.05, 3.63) is 17.6 Å². The fourth-order valence-corrected chi connectivity index (χ4v) is 3.14. The third-order valence-electron chi connectivity index (χ3n) is 4.18. The van der Waals surface area contributed by atoms with Crippen molar-refractivity contribution in [3.63, 3.8) is 0 Å². The van der Waals surface area contributed by atoms with Crippen molar-refractivity contribution in [1.82, 2.24) is 9.97 Å². The maximum absolute atomic E-state index is 5.92. The minimum Gasteiger partial charge on any atom is -0.376 e. The van der Waals surface area contributed by atoms with Crippen LogP contribution in [0.25, 0.3) is 0 Å². The molecule has 1 saturated carbocycles. The van der Waals surface area contributed by atoms with Crippen LogP contribution in [0.3, 0.4) is 0 Å². The topological polar surface area (TPSA) is 47.0 Å². The van der Waals surface area contributed by atoms with E-state index >= 15 is 0 Å². The normalized spacial score (nSPS) is 19.4. The summed E-state index contributed by atoms with van der Waals surface area (Å²) in [6.07, 6.45) is 12.1. The maximum atomic E-state index is 5.92. The molecule has 0 spiro atoms. The molecule has 0 bridgehead atoms. The molecule has 3 rings (SSSR count). The van der Waals surface area contributed by atoms with E-state index < -0.39 is 0 Å². The zero-order valence-corrected chi connectivity index (χ0v) is 11.5. The molecule has 0 saturated heterocycles. The lowest BCUT2D eigenvalue weighted by atomic mass is 9.98. The molecule has 0 amide bonds. The first-order valence-electron chi connectivity index (χ1n) is 7.62. The van der Waals surface area contributed by atoms with Gasteiger partial charge in [0.25, 0.3) is 0 Å². The number of hydrogen-bond donors (Lipinski definition) is 1. The Morgan fingerprint density at radius 1 is 1.11 bits per heavy atom. The average molecular weight is 261 g/mol. The third-order valence-corrected chi connectivity index (χ3v) is 4.18. The molecular formula is C15H23N3O. The molecule has 4 heteroatoms. The summed E-state index contributed by atoms with van der Waals surface area (Å²) in [4.78, 5) is 8.70. The average Bonchev–Trinajstić information content (AvgIpc) is 2.94.